The highest BCUT2D eigenvalue weighted by Crippen LogP contribution is 2.42. The SMILES string of the molecule is C=C(F)CCN(CCNC=O)c1nc(CC)nc2c1CCN(c1cccc3c1C(Cl)=C(F)CC3)C2. The van der Waals surface area contributed by atoms with E-state index in [-0.39, 0.29) is 17.3 Å². The number of fused-ring (bicyclic) bond motifs is 2. The fourth-order valence-electron chi connectivity index (χ4n) is 4.73. The van der Waals surface area contributed by atoms with Gasteiger partial charge in [-0.3, -0.25) is 4.79 Å². The third-order valence-corrected chi connectivity index (χ3v) is 6.90. The normalized spacial score (nSPS) is 14.9. The Labute approximate surface area is 209 Å². The largest absolute Gasteiger partial charge is 0.365 e. The van der Waals surface area contributed by atoms with Gasteiger partial charge in [0.2, 0.25) is 6.41 Å². The molecule has 1 amide bonds. The van der Waals surface area contributed by atoms with Crippen molar-refractivity contribution in [1.29, 1.82) is 0 Å². The molecular formula is C26H30ClF2N5O. The number of hydrogen-bond acceptors (Lipinski definition) is 5. The highest BCUT2D eigenvalue weighted by molar-refractivity contribution is 6.50. The molecule has 186 valence electrons. The number of nitrogens with zero attached hydrogens (tertiary/aromatic N) is 4. The first-order valence-corrected chi connectivity index (χ1v) is 12.4. The molecule has 6 nitrogen and oxygen atoms in total. The molecule has 0 saturated carbocycles. The molecule has 4 rings (SSSR count). The van der Waals surface area contributed by atoms with E-state index in [0.29, 0.717) is 70.6 Å². The second kappa shape index (κ2) is 11.2. The van der Waals surface area contributed by atoms with Crippen molar-refractivity contribution in [1.82, 2.24) is 15.3 Å². The molecule has 0 spiro atoms. The van der Waals surface area contributed by atoms with Crippen molar-refractivity contribution in [2.24, 2.45) is 0 Å². The van der Waals surface area contributed by atoms with Crippen LogP contribution in [-0.2, 0) is 30.6 Å². The molecule has 1 aromatic heterocycles. The van der Waals surface area contributed by atoms with E-state index in [1.54, 1.807) is 0 Å². The van der Waals surface area contributed by atoms with Gasteiger partial charge in [-0.2, -0.15) is 0 Å². The Morgan fingerprint density at radius 1 is 1.29 bits per heavy atom. The zero-order valence-corrected chi connectivity index (χ0v) is 20.7. The third-order valence-electron chi connectivity index (χ3n) is 6.51. The Bertz CT molecular complexity index is 1150. The lowest BCUT2D eigenvalue weighted by atomic mass is 9.93. The van der Waals surface area contributed by atoms with Crippen molar-refractivity contribution in [3.63, 3.8) is 0 Å². The zero-order valence-electron chi connectivity index (χ0n) is 19.9. The van der Waals surface area contributed by atoms with Gasteiger partial charge in [-0.15, -0.1) is 0 Å². The standard InChI is InChI=1S/C26H30ClF2N5O/c1-3-23-31-21-15-34(22-6-4-5-18-7-8-20(29)25(27)24(18)22)13-10-19(21)26(32-23)33(12-9-17(2)28)14-11-30-16-35/h4-6,16H,2-3,7-15H2,1H3,(H,30,35). The quantitative estimate of drug-likeness (QED) is 0.372. The first-order valence-electron chi connectivity index (χ1n) is 12.0. The molecule has 1 aliphatic heterocycles. The lowest BCUT2D eigenvalue weighted by Gasteiger charge is -2.35. The summed E-state index contributed by atoms with van der Waals surface area (Å²) in [6.45, 7) is 7.92. The predicted octanol–water partition coefficient (Wildman–Crippen LogP) is 4.85. The number of anilines is 2. The van der Waals surface area contributed by atoms with Crippen LogP contribution in [0.1, 0.15) is 48.0 Å². The van der Waals surface area contributed by atoms with Gasteiger partial charge in [-0.05, 0) is 24.5 Å². The number of aromatic nitrogens is 2. The summed E-state index contributed by atoms with van der Waals surface area (Å²) in [6, 6.07) is 5.98. The van der Waals surface area contributed by atoms with E-state index in [9.17, 15) is 13.6 Å². The molecule has 1 aromatic carbocycles. The average Bonchev–Trinajstić information content (AvgIpc) is 2.87. The molecule has 0 radical (unpaired) electrons. The van der Waals surface area contributed by atoms with E-state index < -0.39 is 5.83 Å². The van der Waals surface area contributed by atoms with Gasteiger partial charge in [0.1, 0.15) is 17.5 Å². The zero-order chi connectivity index (χ0) is 24.9. The second-order valence-corrected chi connectivity index (χ2v) is 9.15. The second-order valence-electron chi connectivity index (χ2n) is 8.77. The van der Waals surface area contributed by atoms with Crippen molar-refractivity contribution >= 4 is 34.5 Å². The molecule has 35 heavy (non-hydrogen) atoms. The van der Waals surface area contributed by atoms with E-state index in [4.69, 9.17) is 21.6 Å². The van der Waals surface area contributed by atoms with Crippen molar-refractivity contribution < 1.29 is 13.6 Å². The Balaban J connectivity index is 1.69. The van der Waals surface area contributed by atoms with Gasteiger partial charge in [0.15, 0.2) is 0 Å². The van der Waals surface area contributed by atoms with Crippen molar-refractivity contribution in [2.45, 2.75) is 45.6 Å². The molecule has 0 atom stereocenters. The number of aryl methyl sites for hydroxylation is 2. The topological polar surface area (TPSA) is 61.4 Å². The molecule has 2 heterocycles. The molecule has 9 heteroatoms. The molecule has 0 fully saturated rings. The summed E-state index contributed by atoms with van der Waals surface area (Å²) in [6.07, 6.45) is 3.12. The lowest BCUT2D eigenvalue weighted by molar-refractivity contribution is -0.109. The van der Waals surface area contributed by atoms with Gasteiger partial charge in [0, 0.05) is 62.3 Å². The number of nitrogens with one attached hydrogen (secondary N) is 1. The van der Waals surface area contributed by atoms with Crippen LogP contribution >= 0.6 is 11.6 Å². The van der Waals surface area contributed by atoms with Crippen molar-refractivity contribution in [3.8, 4) is 0 Å². The van der Waals surface area contributed by atoms with Gasteiger partial charge in [0.05, 0.1) is 23.1 Å². The summed E-state index contributed by atoms with van der Waals surface area (Å²) in [4.78, 5) is 24.6. The van der Waals surface area contributed by atoms with E-state index >= 15 is 0 Å². The fraction of sp³-hybridized carbons (Fsp3) is 0.423. The summed E-state index contributed by atoms with van der Waals surface area (Å²) < 4.78 is 27.9. The smallest absolute Gasteiger partial charge is 0.207 e. The summed E-state index contributed by atoms with van der Waals surface area (Å²) in [5.41, 5.74) is 4.66. The summed E-state index contributed by atoms with van der Waals surface area (Å²) in [5, 5.41) is 2.87. The highest BCUT2D eigenvalue weighted by atomic mass is 35.5. The minimum absolute atomic E-state index is 0.181. The third kappa shape index (κ3) is 5.48. The van der Waals surface area contributed by atoms with Crippen molar-refractivity contribution in [3.05, 3.63) is 64.6 Å². The van der Waals surface area contributed by atoms with E-state index in [2.05, 4.69) is 16.8 Å². The number of halogens is 3. The minimum atomic E-state index is -0.394. The first-order chi connectivity index (χ1) is 16.9. The van der Waals surface area contributed by atoms with Crippen LogP contribution in [0.2, 0.25) is 0 Å². The Morgan fingerprint density at radius 3 is 2.86 bits per heavy atom. The van der Waals surface area contributed by atoms with Crippen LogP contribution in [0.15, 0.2) is 36.4 Å². The van der Waals surface area contributed by atoms with Crippen molar-refractivity contribution in [2.75, 3.05) is 36.0 Å². The van der Waals surface area contributed by atoms with Gasteiger partial charge in [-0.1, -0.05) is 37.2 Å². The maximum atomic E-state index is 14.4. The Hall–Kier alpha value is -3.00. The van der Waals surface area contributed by atoms with Gasteiger partial charge in [-0.25, -0.2) is 18.7 Å². The Morgan fingerprint density at radius 2 is 2.11 bits per heavy atom. The number of rotatable bonds is 10. The number of hydrogen-bond donors (Lipinski definition) is 1. The highest BCUT2D eigenvalue weighted by Gasteiger charge is 2.29. The van der Waals surface area contributed by atoms with Crippen LogP contribution in [0.5, 0.6) is 0 Å². The number of amides is 1. The fourth-order valence-corrected chi connectivity index (χ4v) is 5.04. The van der Waals surface area contributed by atoms with Crippen LogP contribution in [-0.4, -0.2) is 42.6 Å². The molecule has 0 unspecified atom stereocenters. The minimum Gasteiger partial charge on any atom is -0.365 e. The summed E-state index contributed by atoms with van der Waals surface area (Å²) in [7, 11) is 0. The van der Waals surface area contributed by atoms with E-state index in [1.807, 2.05) is 30.0 Å². The van der Waals surface area contributed by atoms with E-state index in [0.717, 1.165) is 33.9 Å². The maximum Gasteiger partial charge on any atom is 0.207 e. The van der Waals surface area contributed by atoms with Crippen LogP contribution in [0.3, 0.4) is 0 Å². The molecule has 2 aliphatic rings. The molecule has 0 bridgehead atoms. The average molecular weight is 502 g/mol. The number of benzene rings is 1. The predicted molar refractivity (Wildman–Crippen MR) is 136 cm³/mol. The monoisotopic (exact) mass is 501 g/mol. The van der Waals surface area contributed by atoms with Crippen LogP contribution in [0.4, 0.5) is 20.3 Å². The maximum absolute atomic E-state index is 14.4. The number of carbonyl (C=O) groups is 1. The first kappa shape index (κ1) is 25.1. The van der Waals surface area contributed by atoms with Gasteiger partial charge in [0.25, 0.3) is 0 Å². The molecule has 2 aromatic rings. The summed E-state index contributed by atoms with van der Waals surface area (Å²) in [5.74, 6) is 0.816. The van der Waals surface area contributed by atoms with Gasteiger partial charge >= 0.3 is 0 Å². The van der Waals surface area contributed by atoms with Crippen LogP contribution in [0, 0.1) is 0 Å². The van der Waals surface area contributed by atoms with Crippen LogP contribution < -0.4 is 15.1 Å². The lowest BCUT2D eigenvalue weighted by Crippen LogP contribution is -2.37. The Kier molecular flexibility index (Phi) is 8.00. The molecular weight excluding hydrogens is 472 g/mol. The van der Waals surface area contributed by atoms with Crippen LogP contribution in [0.25, 0.3) is 5.03 Å². The number of carbonyl (C=O) groups excluding carboxylic acids is 1. The molecule has 1 aliphatic carbocycles. The number of allylic oxidation sites excluding steroid dienone is 1. The van der Waals surface area contributed by atoms with Gasteiger partial charge < -0.3 is 15.1 Å². The molecule has 1 N–H and O–H groups in total. The molecule has 0 saturated heterocycles. The van der Waals surface area contributed by atoms with E-state index in [1.165, 1.54) is 0 Å². The summed E-state index contributed by atoms with van der Waals surface area (Å²) >= 11 is 6.43.